The molecule has 3 N–H and O–H groups in total. The number of carbonyl (C=O) groups excluding carboxylic acids is 2. The van der Waals surface area contributed by atoms with E-state index in [9.17, 15) is 9.59 Å². The monoisotopic (exact) mass is 394 g/mol. The average molecular weight is 394 g/mol. The van der Waals surface area contributed by atoms with E-state index in [4.69, 9.17) is 15.4 Å². The third-order valence-electron chi connectivity index (χ3n) is 4.57. The van der Waals surface area contributed by atoms with Gasteiger partial charge in [0.25, 0.3) is 0 Å². The molecule has 1 atom stereocenters. The predicted octanol–water partition coefficient (Wildman–Crippen LogP) is 1.98. The third kappa shape index (κ3) is 5.19. The smallest absolute Gasteiger partial charge is 0.237 e. The van der Waals surface area contributed by atoms with Gasteiger partial charge < -0.3 is 15.1 Å². The molecule has 1 aromatic carbocycles. The maximum Gasteiger partial charge on any atom is 0.237 e. The van der Waals surface area contributed by atoms with Gasteiger partial charge in [0, 0.05) is 18.1 Å². The Morgan fingerprint density at radius 1 is 1.45 bits per heavy atom. The number of furan rings is 1. The van der Waals surface area contributed by atoms with Crippen LogP contribution in [0.5, 0.6) is 0 Å². The van der Waals surface area contributed by atoms with Crippen LogP contribution in [0.3, 0.4) is 0 Å². The van der Waals surface area contributed by atoms with Gasteiger partial charge in [0.05, 0.1) is 18.2 Å². The van der Waals surface area contributed by atoms with Gasteiger partial charge in [-0.25, -0.2) is 9.98 Å². The second-order valence-electron chi connectivity index (χ2n) is 6.86. The van der Waals surface area contributed by atoms with Crippen molar-refractivity contribution in [1.82, 2.24) is 10.2 Å². The Kier molecular flexibility index (Phi) is 6.24. The zero-order valence-corrected chi connectivity index (χ0v) is 16.1. The number of nitrogens with one attached hydrogen (secondary N) is 1. The molecule has 2 heterocycles. The fourth-order valence-corrected chi connectivity index (χ4v) is 3.27. The molecule has 0 saturated carbocycles. The highest BCUT2D eigenvalue weighted by Crippen LogP contribution is 2.24. The number of hydrogen-bond acceptors (Lipinski definition) is 5. The first-order chi connectivity index (χ1) is 14.0. The molecular formula is C20H22N6O3. The van der Waals surface area contributed by atoms with Gasteiger partial charge >= 0.3 is 0 Å². The molecule has 1 fully saturated rings. The van der Waals surface area contributed by atoms with Crippen LogP contribution in [0.1, 0.15) is 25.0 Å². The van der Waals surface area contributed by atoms with Crippen molar-refractivity contribution in [3.63, 3.8) is 0 Å². The predicted molar refractivity (Wildman–Crippen MR) is 108 cm³/mol. The Morgan fingerprint density at radius 3 is 3.03 bits per heavy atom. The summed E-state index contributed by atoms with van der Waals surface area (Å²) in [6.07, 6.45) is 5.51. The largest absolute Gasteiger partial charge is 0.461 e. The molecule has 9 heteroatoms. The number of carbonyl (C=O) groups is 2. The summed E-state index contributed by atoms with van der Waals surface area (Å²) >= 11 is 0. The van der Waals surface area contributed by atoms with E-state index >= 15 is 0 Å². The number of aryl methyl sites for hydroxylation is 1. The molecule has 1 aromatic heterocycles. The molecule has 150 valence electrons. The highest BCUT2D eigenvalue weighted by atomic mass is 16.3. The van der Waals surface area contributed by atoms with Crippen LogP contribution in [0.25, 0.3) is 11.0 Å². The van der Waals surface area contributed by atoms with Gasteiger partial charge in [-0.1, -0.05) is 6.42 Å². The van der Waals surface area contributed by atoms with E-state index in [1.165, 1.54) is 11.1 Å². The molecule has 1 aliphatic heterocycles. The van der Waals surface area contributed by atoms with E-state index < -0.39 is 11.8 Å². The van der Waals surface area contributed by atoms with Crippen LogP contribution < -0.4 is 11.1 Å². The lowest BCUT2D eigenvalue weighted by Crippen LogP contribution is -2.41. The third-order valence-corrected chi connectivity index (χ3v) is 4.57. The van der Waals surface area contributed by atoms with E-state index in [1.807, 2.05) is 19.1 Å². The molecular weight excluding hydrogens is 372 g/mol. The number of likely N-dealkylation sites (tertiary alicyclic amines) is 1. The fourth-order valence-electron chi connectivity index (χ4n) is 3.27. The van der Waals surface area contributed by atoms with Gasteiger partial charge in [-0.05, 0) is 44.0 Å². The molecule has 29 heavy (non-hydrogen) atoms. The Hall–Kier alpha value is -3.67. The van der Waals surface area contributed by atoms with E-state index in [0.717, 1.165) is 29.6 Å². The molecule has 3 rings (SSSR count). The fraction of sp³-hybridized carbons (Fsp3) is 0.350. The summed E-state index contributed by atoms with van der Waals surface area (Å²) in [5, 5.41) is 12.3. The van der Waals surface area contributed by atoms with E-state index in [2.05, 4.69) is 15.3 Å². The van der Waals surface area contributed by atoms with Crippen LogP contribution >= 0.6 is 0 Å². The molecule has 0 bridgehead atoms. The number of nitrogens with zero attached hydrogens (tertiary/aromatic N) is 4. The normalized spacial score (nSPS) is 18.1. The molecule has 0 radical (unpaired) electrons. The first kappa shape index (κ1) is 20.1. The summed E-state index contributed by atoms with van der Waals surface area (Å²) in [7, 11) is 0. The second kappa shape index (κ2) is 9.01. The van der Waals surface area contributed by atoms with Crippen LogP contribution in [0.4, 0.5) is 5.69 Å². The Bertz CT molecular complexity index is 1020. The summed E-state index contributed by atoms with van der Waals surface area (Å²) in [4.78, 5) is 33.9. The lowest BCUT2D eigenvalue weighted by Gasteiger charge is -2.21. The molecule has 1 aliphatic rings. The zero-order chi connectivity index (χ0) is 20.8. The Labute approximate surface area is 167 Å². The van der Waals surface area contributed by atoms with Crippen molar-refractivity contribution in [2.75, 3.05) is 13.1 Å². The number of fused-ring (bicyclic) bond motifs is 1. The minimum atomic E-state index is -0.547. The summed E-state index contributed by atoms with van der Waals surface area (Å²) in [5.41, 5.74) is 6.57. The van der Waals surface area contributed by atoms with Gasteiger partial charge in [0.2, 0.25) is 17.8 Å². The van der Waals surface area contributed by atoms with Crippen molar-refractivity contribution >= 4 is 40.6 Å². The summed E-state index contributed by atoms with van der Waals surface area (Å²) < 4.78 is 5.54. The van der Waals surface area contributed by atoms with Gasteiger partial charge in [0.1, 0.15) is 11.3 Å². The van der Waals surface area contributed by atoms with Crippen molar-refractivity contribution in [3.8, 4) is 6.19 Å². The first-order valence-electron chi connectivity index (χ1n) is 9.31. The minimum Gasteiger partial charge on any atom is -0.461 e. The van der Waals surface area contributed by atoms with Crippen molar-refractivity contribution in [2.24, 2.45) is 21.6 Å². The molecule has 0 spiro atoms. The number of rotatable bonds is 4. The van der Waals surface area contributed by atoms with E-state index in [1.54, 1.807) is 18.3 Å². The van der Waals surface area contributed by atoms with Crippen molar-refractivity contribution in [1.29, 1.82) is 5.26 Å². The Morgan fingerprint density at radius 2 is 2.28 bits per heavy atom. The maximum absolute atomic E-state index is 12.6. The van der Waals surface area contributed by atoms with Crippen LogP contribution in [-0.2, 0) is 9.59 Å². The van der Waals surface area contributed by atoms with Gasteiger partial charge in [0.15, 0.2) is 6.19 Å². The number of nitriles is 1. The zero-order valence-electron chi connectivity index (χ0n) is 16.1. The van der Waals surface area contributed by atoms with E-state index in [0.29, 0.717) is 18.7 Å². The lowest BCUT2D eigenvalue weighted by atomic mass is 10.0. The minimum absolute atomic E-state index is 0.0746. The summed E-state index contributed by atoms with van der Waals surface area (Å²) in [6, 6.07) is 7.27. The number of aliphatic imine (C=N–C) groups is 2. The Balaban J connectivity index is 1.81. The van der Waals surface area contributed by atoms with E-state index in [-0.39, 0.29) is 18.4 Å². The second-order valence-corrected chi connectivity index (χ2v) is 6.86. The molecule has 2 amide bonds. The number of benzene rings is 1. The maximum atomic E-state index is 12.6. The summed E-state index contributed by atoms with van der Waals surface area (Å²) in [6.45, 7) is 2.25. The number of nitrogens with two attached hydrogens (primary N) is 1. The SMILES string of the molecule is Cc1cc2cc(N=C(/N=C/C3CCCCN(CC(N)=O)C3=O)NC#N)ccc2o1. The van der Waals surface area contributed by atoms with Crippen molar-refractivity contribution in [3.05, 3.63) is 30.0 Å². The average Bonchev–Trinajstić information content (AvgIpc) is 2.95. The summed E-state index contributed by atoms with van der Waals surface area (Å²) in [5.74, 6) is -0.375. The topological polar surface area (TPSA) is 137 Å². The van der Waals surface area contributed by atoms with Crippen LogP contribution in [0, 0.1) is 24.3 Å². The highest BCUT2D eigenvalue weighted by molar-refractivity contribution is 6.00. The number of guanidine groups is 1. The lowest BCUT2D eigenvalue weighted by molar-refractivity contribution is -0.136. The van der Waals surface area contributed by atoms with Crippen LogP contribution in [-0.4, -0.2) is 42.0 Å². The molecule has 1 unspecified atom stereocenters. The molecule has 2 aromatic rings. The number of hydrogen-bond donors (Lipinski definition) is 2. The first-order valence-corrected chi connectivity index (χ1v) is 9.31. The van der Waals surface area contributed by atoms with Gasteiger partial charge in [-0.15, -0.1) is 0 Å². The van der Waals surface area contributed by atoms with Gasteiger partial charge in [-0.3, -0.25) is 14.9 Å². The van der Waals surface area contributed by atoms with Gasteiger partial charge in [-0.2, -0.15) is 5.26 Å². The van der Waals surface area contributed by atoms with Crippen LogP contribution in [0.15, 0.2) is 38.7 Å². The number of amides is 2. The van der Waals surface area contributed by atoms with Crippen LogP contribution in [0.2, 0.25) is 0 Å². The highest BCUT2D eigenvalue weighted by Gasteiger charge is 2.26. The van der Waals surface area contributed by atoms with Crippen molar-refractivity contribution in [2.45, 2.75) is 26.2 Å². The molecule has 1 saturated heterocycles. The standard InChI is InChI=1S/C20H22N6O3/c1-13-8-15-9-16(5-6-17(15)29-13)25-20(24-12-21)23-10-14-4-2-3-7-26(19(14)28)11-18(22)27/h5-6,8-10,14H,2-4,7,11H2,1H3,(H2,22,27)(H,24,25)/b23-10+. The molecule has 9 nitrogen and oxygen atoms in total. The molecule has 0 aliphatic carbocycles. The van der Waals surface area contributed by atoms with Crippen molar-refractivity contribution < 1.29 is 14.0 Å². The quantitative estimate of drug-likeness (QED) is 0.353. The number of primary amides is 1.